The standard InChI is InChI=1S/C17H20F3NS/c1-2-3-4-5-6-11-22-16-9-10-21-15-12-13(17(18,19)20)7-8-14(15)16/h7-10,12H,2-6,11H2,1H3. The monoisotopic (exact) mass is 327 g/mol. The van der Waals surface area contributed by atoms with Crippen molar-refractivity contribution in [2.75, 3.05) is 5.75 Å². The highest BCUT2D eigenvalue weighted by molar-refractivity contribution is 7.99. The molecule has 0 radical (unpaired) electrons. The van der Waals surface area contributed by atoms with Gasteiger partial charge in [0.2, 0.25) is 0 Å². The summed E-state index contributed by atoms with van der Waals surface area (Å²) in [6.07, 6.45) is 3.35. The minimum atomic E-state index is -4.32. The Bertz CT molecular complexity index is 610. The van der Waals surface area contributed by atoms with Gasteiger partial charge in [-0.2, -0.15) is 13.2 Å². The van der Waals surface area contributed by atoms with E-state index in [1.54, 1.807) is 18.0 Å². The third kappa shape index (κ3) is 4.63. The fourth-order valence-electron chi connectivity index (χ4n) is 2.31. The van der Waals surface area contributed by atoms with Crippen LogP contribution in [0.1, 0.15) is 44.6 Å². The Kier molecular flexibility index (Phi) is 6.12. The van der Waals surface area contributed by atoms with Crippen LogP contribution in [0.3, 0.4) is 0 Å². The second kappa shape index (κ2) is 7.86. The van der Waals surface area contributed by atoms with Crippen molar-refractivity contribution in [3.63, 3.8) is 0 Å². The fraction of sp³-hybridized carbons (Fsp3) is 0.471. The second-order valence-electron chi connectivity index (χ2n) is 5.30. The summed E-state index contributed by atoms with van der Waals surface area (Å²) in [5.74, 6) is 0.990. The number of pyridine rings is 1. The largest absolute Gasteiger partial charge is 0.416 e. The predicted molar refractivity (Wildman–Crippen MR) is 86.2 cm³/mol. The topological polar surface area (TPSA) is 12.9 Å². The summed E-state index contributed by atoms with van der Waals surface area (Å²) in [4.78, 5) is 5.08. The van der Waals surface area contributed by atoms with Gasteiger partial charge in [-0.05, 0) is 30.4 Å². The number of aromatic nitrogens is 1. The summed E-state index contributed by atoms with van der Waals surface area (Å²) in [6, 6.07) is 5.67. The number of halogens is 3. The highest BCUT2D eigenvalue weighted by Crippen LogP contribution is 2.33. The molecule has 1 nitrogen and oxygen atoms in total. The number of unbranched alkanes of at least 4 members (excludes halogenated alkanes) is 4. The molecule has 0 saturated heterocycles. The summed E-state index contributed by atoms with van der Waals surface area (Å²) in [7, 11) is 0. The first-order chi connectivity index (χ1) is 10.5. The maximum Gasteiger partial charge on any atom is 0.416 e. The van der Waals surface area contributed by atoms with Crippen molar-refractivity contribution in [3.8, 4) is 0 Å². The van der Waals surface area contributed by atoms with Crippen LogP contribution < -0.4 is 0 Å². The van der Waals surface area contributed by atoms with Gasteiger partial charge in [0.25, 0.3) is 0 Å². The van der Waals surface area contributed by atoms with Crippen LogP contribution in [0.15, 0.2) is 35.4 Å². The summed E-state index contributed by atoms with van der Waals surface area (Å²) in [5.41, 5.74) is -0.236. The highest BCUT2D eigenvalue weighted by Gasteiger charge is 2.30. The molecule has 0 unspecified atom stereocenters. The number of hydrogen-bond donors (Lipinski definition) is 0. The van der Waals surface area contributed by atoms with Crippen molar-refractivity contribution in [3.05, 3.63) is 36.0 Å². The lowest BCUT2D eigenvalue weighted by Gasteiger charge is -2.09. The Morgan fingerprint density at radius 2 is 1.82 bits per heavy atom. The molecule has 2 aromatic rings. The quantitative estimate of drug-likeness (QED) is 0.436. The Hall–Kier alpha value is -1.23. The predicted octanol–water partition coefficient (Wildman–Crippen LogP) is 6.32. The highest BCUT2D eigenvalue weighted by atomic mass is 32.2. The molecule has 22 heavy (non-hydrogen) atoms. The lowest BCUT2D eigenvalue weighted by atomic mass is 10.1. The summed E-state index contributed by atoms with van der Waals surface area (Å²) in [5, 5.41) is 0.800. The molecule has 2 rings (SSSR count). The molecule has 5 heteroatoms. The van der Waals surface area contributed by atoms with Crippen LogP contribution in [0.25, 0.3) is 10.9 Å². The molecule has 1 aromatic carbocycles. The van der Waals surface area contributed by atoms with Crippen LogP contribution in [0.2, 0.25) is 0 Å². The van der Waals surface area contributed by atoms with Crippen LogP contribution >= 0.6 is 11.8 Å². The van der Waals surface area contributed by atoms with E-state index in [1.807, 2.05) is 6.07 Å². The molecule has 0 fully saturated rings. The van der Waals surface area contributed by atoms with Gasteiger partial charge >= 0.3 is 6.18 Å². The Morgan fingerprint density at radius 3 is 2.55 bits per heavy atom. The molecular formula is C17H20F3NS. The zero-order chi connectivity index (χ0) is 16.0. The van der Waals surface area contributed by atoms with Crippen LogP contribution in [-0.4, -0.2) is 10.7 Å². The molecule has 1 aromatic heterocycles. The summed E-state index contributed by atoms with van der Waals surface area (Å²) in [6.45, 7) is 2.19. The number of rotatable bonds is 7. The summed E-state index contributed by atoms with van der Waals surface area (Å²) < 4.78 is 38.2. The average molecular weight is 327 g/mol. The van der Waals surface area contributed by atoms with Gasteiger partial charge in [-0.25, -0.2) is 0 Å². The van der Waals surface area contributed by atoms with E-state index in [-0.39, 0.29) is 0 Å². The molecule has 1 heterocycles. The maximum atomic E-state index is 12.7. The van der Waals surface area contributed by atoms with Crippen molar-refractivity contribution in [2.45, 2.75) is 50.1 Å². The first-order valence-corrected chi connectivity index (χ1v) is 8.59. The van der Waals surface area contributed by atoms with Crippen LogP contribution in [0, 0.1) is 0 Å². The van der Waals surface area contributed by atoms with Crippen molar-refractivity contribution in [2.24, 2.45) is 0 Å². The molecule has 0 atom stereocenters. The van der Waals surface area contributed by atoms with Crippen molar-refractivity contribution < 1.29 is 13.2 Å². The van der Waals surface area contributed by atoms with Gasteiger partial charge in [0.05, 0.1) is 11.1 Å². The molecule has 0 aliphatic heterocycles. The van der Waals surface area contributed by atoms with Crippen molar-refractivity contribution >= 4 is 22.7 Å². The van der Waals surface area contributed by atoms with E-state index in [4.69, 9.17) is 0 Å². The first kappa shape index (κ1) is 17.1. The molecule has 0 spiro atoms. The van der Waals surface area contributed by atoms with Gasteiger partial charge in [-0.15, -0.1) is 11.8 Å². The average Bonchev–Trinajstić information content (AvgIpc) is 2.49. The molecule has 0 saturated carbocycles. The molecule has 0 bridgehead atoms. The molecule has 0 N–H and O–H groups in total. The van der Waals surface area contributed by atoms with E-state index < -0.39 is 11.7 Å². The smallest absolute Gasteiger partial charge is 0.256 e. The van der Waals surface area contributed by atoms with E-state index in [2.05, 4.69) is 11.9 Å². The minimum Gasteiger partial charge on any atom is -0.256 e. The fourth-order valence-corrected chi connectivity index (χ4v) is 3.37. The Labute approximate surface area is 133 Å². The van der Waals surface area contributed by atoms with Gasteiger partial charge in [-0.1, -0.05) is 38.7 Å². The van der Waals surface area contributed by atoms with Gasteiger partial charge in [0.1, 0.15) is 0 Å². The number of fused-ring (bicyclic) bond motifs is 1. The number of nitrogens with zero attached hydrogens (tertiary/aromatic N) is 1. The van der Waals surface area contributed by atoms with E-state index in [9.17, 15) is 13.2 Å². The number of thioether (sulfide) groups is 1. The number of hydrogen-bond acceptors (Lipinski definition) is 2. The van der Waals surface area contributed by atoms with E-state index in [0.717, 1.165) is 34.6 Å². The zero-order valence-electron chi connectivity index (χ0n) is 12.6. The molecule has 0 amide bonds. The Morgan fingerprint density at radius 1 is 1.05 bits per heavy atom. The molecule has 0 aliphatic rings. The van der Waals surface area contributed by atoms with Gasteiger partial charge in [0, 0.05) is 16.5 Å². The van der Waals surface area contributed by atoms with E-state index >= 15 is 0 Å². The number of alkyl halides is 3. The molecule has 0 aliphatic carbocycles. The maximum absolute atomic E-state index is 12.7. The van der Waals surface area contributed by atoms with E-state index in [0.29, 0.717) is 5.52 Å². The third-order valence-electron chi connectivity index (χ3n) is 3.54. The second-order valence-corrected chi connectivity index (χ2v) is 6.44. The normalized spacial score (nSPS) is 12.0. The van der Waals surface area contributed by atoms with Gasteiger partial charge < -0.3 is 0 Å². The molecule has 120 valence electrons. The number of benzene rings is 1. The SMILES string of the molecule is CCCCCCCSc1ccnc2cc(C(F)(F)F)ccc12. The van der Waals surface area contributed by atoms with Crippen LogP contribution in [0.5, 0.6) is 0 Å². The summed E-state index contributed by atoms with van der Waals surface area (Å²) >= 11 is 1.70. The lowest BCUT2D eigenvalue weighted by molar-refractivity contribution is -0.137. The third-order valence-corrected chi connectivity index (χ3v) is 4.70. The van der Waals surface area contributed by atoms with Crippen LogP contribution in [0.4, 0.5) is 13.2 Å². The molecular weight excluding hydrogens is 307 g/mol. The van der Waals surface area contributed by atoms with E-state index in [1.165, 1.54) is 31.7 Å². The first-order valence-electron chi connectivity index (χ1n) is 7.61. The van der Waals surface area contributed by atoms with Gasteiger partial charge in [-0.3, -0.25) is 4.98 Å². The van der Waals surface area contributed by atoms with Crippen molar-refractivity contribution in [1.29, 1.82) is 0 Å². The van der Waals surface area contributed by atoms with Crippen molar-refractivity contribution in [1.82, 2.24) is 4.98 Å². The van der Waals surface area contributed by atoms with Gasteiger partial charge in [0.15, 0.2) is 0 Å². The zero-order valence-corrected chi connectivity index (χ0v) is 13.4. The lowest BCUT2D eigenvalue weighted by Crippen LogP contribution is -2.04. The van der Waals surface area contributed by atoms with Crippen LogP contribution in [-0.2, 0) is 6.18 Å². The Balaban J connectivity index is 2.05. The minimum absolute atomic E-state index is 0.408.